The van der Waals surface area contributed by atoms with Crippen LogP contribution >= 0.6 is 11.8 Å². The highest BCUT2D eigenvalue weighted by atomic mass is 32.2. The molecule has 0 fully saturated rings. The lowest BCUT2D eigenvalue weighted by atomic mass is 10.1. The van der Waals surface area contributed by atoms with Crippen LogP contribution in [0.15, 0.2) is 29.6 Å². The lowest BCUT2D eigenvalue weighted by molar-refractivity contribution is 0.0596. The van der Waals surface area contributed by atoms with Crippen LogP contribution in [-0.2, 0) is 10.5 Å². The first-order valence-electron chi connectivity index (χ1n) is 7.84. The molecular formula is C18H19N3O4S. The van der Waals surface area contributed by atoms with Crippen molar-refractivity contribution in [3.63, 3.8) is 0 Å². The fourth-order valence-electron chi connectivity index (χ4n) is 2.59. The molecule has 0 unspecified atom stereocenters. The Labute approximate surface area is 155 Å². The van der Waals surface area contributed by atoms with Gasteiger partial charge in [-0.2, -0.15) is 0 Å². The fraction of sp³-hybridized carbons (Fsp3) is 0.278. The smallest absolute Gasteiger partial charge is 0.343 e. The molecule has 1 N–H and O–H groups in total. The topological polar surface area (TPSA) is 86.3 Å². The molecular weight excluding hydrogens is 354 g/mol. The Hall–Kier alpha value is -2.74. The third-order valence-corrected chi connectivity index (χ3v) is 4.87. The largest absolute Gasteiger partial charge is 0.497 e. The second-order valence-corrected chi connectivity index (χ2v) is 6.45. The molecule has 136 valence electrons. The lowest BCUT2D eigenvalue weighted by Crippen LogP contribution is -2.08. The standard InChI is InChI=1S/C18H19N3O4S/c1-10-15(19-8-12(16(10)24-3)17(22)25-4)9-26-18-20-13-6-5-11(23-2)7-14(13)21-18/h5-8H,9H2,1-4H3,(H,20,21). The van der Waals surface area contributed by atoms with Gasteiger partial charge in [-0.3, -0.25) is 4.98 Å². The minimum absolute atomic E-state index is 0.317. The number of methoxy groups -OCH3 is 3. The summed E-state index contributed by atoms with van der Waals surface area (Å²) in [6.45, 7) is 1.87. The maximum Gasteiger partial charge on any atom is 0.343 e. The number of benzene rings is 1. The molecule has 2 aromatic heterocycles. The molecule has 26 heavy (non-hydrogen) atoms. The number of pyridine rings is 1. The Morgan fingerprint density at radius 2 is 2.04 bits per heavy atom. The number of thioether (sulfide) groups is 1. The lowest BCUT2D eigenvalue weighted by Gasteiger charge is -2.12. The minimum Gasteiger partial charge on any atom is -0.497 e. The zero-order valence-corrected chi connectivity index (χ0v) is 15.8. The molecule has 3 rings (SSSR count). The van der Waals surface area contributed by atoms with Crippen LogP contribution in [0, 0.1) is 6.92 Å². The summed E-state index contributed by atoms with van der Waals surface area (Å²) >= 11 is 1.52. The average Bonchev–Trinajstić information content (AvgIpc) is 3.07. The van der Waals surface area contributed by atoms with E-state index < -0.39 is 5.97 Å². The Morgan fingerprint density at radius 3 is 2.73 bits per heavy atom. The molecule has 0 aliphatic rings. The zero-order chi connectivity index (χ0) is 18.7. The number of ether oxygens (including phenoxy) is 3. The first kappa shape index (κ1) is 18.1. The predicted octanol–water partition coefficient (Wildman–Crippen LogP) is 3.36. The van der Waals surface area contributed by atoms with Gasteiger partial charge >= 0.3 is 5.97 Å². The summed E-state index contributed by atoms with van der Waals surface area (Å²) in [5, 5.41) is 0.783. The summed E-state index contributed by atoms with van der Waals surface area (Å²) in [6.07, 6.45) is 1.48. The van der Waals surface area contributed by atoms with Crippen molar-refractivity contribution in [3.05, 3.63) is 41.2 Å². The number of carbonyl (C=O) groups is 1. The second kappa shape index (κ2) is 7.65. The first-order chi connectivity index (χ1) is 12.6. The number of imidazole rings is 1. The van der Waals surface area contributed by atoms with Crippen molar-refractivity contribution in [3.8, 4) is 11.5 Å². The first-order valence-corrected chi connectivity index (χ1v) is 8.83. The van der Waals surface area contributed by atoms with E-state index in [2.05, 4.69) is 15.0 Å². The van der Waals surface area contributed by atoms with E-state index in [1.54, 1.807) is 7.11 Å². The molecule has 0 atom stereocenters. The minimum atomic E-state index is -0.470. The summed E-state index contributed by atoms with van der Waals surface area (Å²) in [7, 11) is 4.49. The molecule has 0 amide bonds. The monoisotopic (exact) mass is 373 g/mol. The van der Waals surface area contributed by atoms with Gasteiger partial charge in [-0.05, 0) is 19.1 Å². The summed E-state index contributed by atoms with van der Waals surface area (Å²) in [6, 6.07) is 5.69. The number of nitrogens with one attached hydrogen (secondary N) is 1. The normalized spacial score (nSPS) is 10.8. The van der Waals surface area contributed by atoms with Crippen molar-refractivity contribution in [1.82, 2.24) is 15.0 Å². The van der Waals surface area contributed by atoms with Gasteiger partial charge in [-0.1, -0.05) is 11.8 Å². The fourth-order valence-corrected chi connectivity index (χ4v) is 3.50. The van der Waals surface area contributed by atoms with Gasteiger partial charge in [0.1, 0.15) is 17.1 Å². The quantitative estimate of drug-likeness (QED) is 0.524. The Kier molecular flexibility index (Phi) is 5.32. The van der Waals surface area contributed by atoms with Crippen LogP contribution < -0.4 is 9.47 Å². The molecule has 8 heteroatoms. The molecule has 0 saturated heterocycles. The number of nitrogens with zero attached hydrogens (tertiary/aromatic N) is 2. The van der Waals surface area contributed by atoms with Crippen molar-refractivity contribution in [2.45, 2.75) is 17.8 Å². The number of H-pyrrole nitrogens is 1. The van der Waals surface area contributed by atoms with Gasteiger partial charge in [0.05, 0.1) is 38.1 Å². The molecule has 0 aliphatic carbocycles. The number of rotatable bonds is 6. The molecule has 2 heterocycles. The highest BCUT2D eigenvalue weighted by Crippen LogP contribution is 2.30. The number of hydrogen-bond acceptors (Lipinski definition) is 7. The van der Waals surface area contributed by atoms with Gasteiger partial charge in [-0.15, -0.1) is 0 Å². The van der Waals surface area contributed by atoms with E-state index in [-0.39, 0.29) is 0 Å². The zero-order valence-electron chi connectivity index (χ0n) is 15.0. The van der Waals surface area contributed by atoms with Gasteiger partial charge in [-0.25, -0.2) is 9.78 Å². The summed E-state index contributed by atoms with van der Waals surface area (Å²) in [5.74, 6) is 1.37. The van der Waals surface area contributed by atoms with Crippen LogP contribution in [0.4, 0.5) is 0 Å². The van der Waals surface area contributed by atoms with Crippen LogP contribution in [0.3, 0.4) is 0 Å². The van der Waals surface area contributed by atoms with Crippen LogP contribution in [0.25, 0.3) is 11.0 Å². The van der Waals surface area contributed by atoms with Gasteiger partial charge in [0.25, 0.3) is 0 Å². The number of aromatic nitrogens is 3. The van der Waals surface area contributed by atoms with Gasteiger partial charge in [0.15, 0.2) is 5.16 Å². The Morgan fingerprint density at radius 1 is 1.23 bits per heavy atom. The van der Waals surface area contributed by atoms with Gasteiger partial charge in [0, 0.05) is 23.6 Å². The predicted molar refractivity (Wildman–Crippen MR) is 99.1 cm³/mol. The Balaban J connectivity index is 1.82. The molecule has 7 nitrogen and oxygen atoms in total. The summed E-state index contributed by atoms with van der Waals surface area (Å²) < 4.78 is 15.4. The van der Waals surface area contributed by atoms with E-state index in [1.165, 1.54) is 32.2 Å². The number of hydrogen-bond donors (Lipinski definition) is 1. The van der Waals surface area contributed by atoms with Crippen molar-refractivity contribution in [1.29, 1.82) is 0 Å². The Bertz CT molecular complexity index is 955. The molecule has 1 aromatic carbocycles. The van der Waals surface area contributed by atoms with E-state index in [0.29, 0.717) is 17.1 Å². The third-order valence-electron chi connectivity index (χ3n) is 3.99. The molecule has 3 aromatic rings. The summed E-state index contributed by atoms with van der Waals surface area (Å²) in [5.41, 5.74) is 3.72. The van der Waals surface area contributed by atoms with Crippen LogP contribution in [0.5, 0.6) is 11.5 Å². The number of carbonyl (C=O) groups excluding carboxylic acids is 1. The summed E-state index contributed by atoms with van der Waals surface area (Å²) in [4.78, 5) is 24.0. The number of esters is 1. The van der Waals surface area contributed by atoms with Crippen LogP contribution in [0.2, 0.25) is 0 Å². The SMILES string of the molecule is COC(=O)c1cnc(CSc2nc3ccc(OC)cc3[nH]2)c(C)c1OC. The molecule has 0 radical (unpaired) electrons. The van der Waals surface area contributed by atoms with Crippen molar-refractivity contribution in [2.75, 3.05) is 21.3 Å². The van der Waals surface area contributed by atoms with Gasteiger partial charge < -0.3 is 19.2 Å². The average molecular weight is 373 g/mol. The van der Waals surface area contributed by atoms with Gasteiger partial charge in [0.2, 0.25) is 0 Å². The van der Waals surface area contributed by atoms with E-state index in [9.17, 15) is 4.79 Å². The maximum atomic E-state index is 11.8. The number of aromatic amines is 1. The molecule has 0 saturated carbocycles. The second-order valence-electron chi connectivity index (χ2n) is 5.48. The van der Waals surface area contributed by atoms with Crippen LogP contribution in [-0.4, -0.2) is 42.3 Å². The molecule has 0 spiro atoms. The van der Waals surface area contributed by atoms with Crippen LogP contribution in [0.1, 0.15) is 21.6 Å². The van der Waals surface area contributed by atoms with Crippen molar-refractivity contribution in [2.24, 2.45) is 0 Å². The van der Waals surface area contributed by atoms with E-state index in [1.807, 2.05) is 25.1 Å². The highest BCUT2D eigenvalue weighted by Gasteiger charge is 2.18. The van der Waals surface area contributed by atoms with E-state index in [0.717, 1.165) is 33.2 Å². The van der Waals surface area contributed by atoms with Crippen molar-refractivity contribution < 1.29 is 19.0 Å². The van der Waals surface area contributed by atoms with E-state index in [4.69, 9.17) is 14.2 Å². The van der Waals surface area contributed by atoms with E-state index >= 15 is 0 Å². The highest BCUT2D eigenvalue weighted by molar-refractivity contribution is 7.98. The third kappa shape index (κ3) is 3.45. The number of fused-ring (bicyclic) bond motifs is 1. The molecule has 0 aliphatic heterocycles. The molecule has 0 bridgehead atoms. The maximum absolute atomic E-state index is 11.8. The van der Waals surface area contributed by atoms with Crippen molar-refractivity contribution >= 4 is 28.8 Å².